The van der Waals surface area contributed by atoms with E-state index in [1.807, 2.05) is 27.8 Å². The Morgan fingerprint density at radius 3 is 2.91 bits per heavy atom. The lowest BCUT2D eigenvalue weighted by atomic mass is 9.99. The molecule has 0 aliphatic carbocycles. The van der Waals surface area contributed by atoms with E-state index in [9.17, 15) is 4.79 Å². The topological polar surface area (TPSA) is 76.0 Å². The molecule has 2 aromatic heterocycles. The van der Waals surface area contributed by atoms with Crippen LogP contribution in [0.1, 0.15) is 53.2 Å². The number of carbonyl (C=O) groups excluding carboxylic acids is 1. The van der Waals surface area contributed by atoms with Crippen molar-refractivity contribution in [2.75, 3.05) is 7.05 Å². The van der Waals surface area contributed by atoms with Gasteiger partial charge in [0.1, 0.15) is 5.82 Å². The Bertz CT molecular complexity index is 733. The number of aromatic nitrogens is 4. The highest BCUT2D eigenvalue weighted by atomic mass is 16.5. The molecule has 1 N–H and O–H groups in total. The summed E-state index contributed by atoms with van der Waals surface area (Å²) in [6, 6.07) is 0. The number of carbonyl (C=O) groups is 1. The fraction of sp³-hybridized carbons (Fsp3) is 0.562. The third kappa shape index (κ3) is 2.88. The summed E-state index contributed by atoms with van der Waals surface area (Å²) in [5, 5.41) is 4.46. The molecule has 1 aliphatic rings. The van der Waals surface area contributed by atoms with E-state index in [0.717, 1.165) is 22.8 Å². The zero-order valence-electron chi connectivity index (χ0n) is 14.3. The van der Waals surface area contributed by atoms with Crippen LogP contribution >= 0.6 is 0 Å². The van der Waals surface area contributed by atoms with E-state index in [-0.39, 0.29) is 18.1 Å². The Hall–Kier alpha value is -2.15. The lowest BCUT2D eigenvalue weighted by molar-refractivity contribution is -0.00906. The van der Waals surface area contributed by atoms with E-state index in [1.54, 1.807) is 22.8 Å². The Kier molecular flexibility index (Phi) is 3.97. The van der Waals surface area contributed by atoms with Crippen LogP contribution in [0.4, 0.5) is 0 Å². The van der Waals surface area contributed by atoms with Crippen molar-refractivity contribution in [2.24, 2.45) is 7.05 Å². The van der Waals surface area contributed by atoms with Crippen molar-refractivity contribution in [3.8, 4) is 0 Å². The highest BCUT2D eigenvalue weighted by Gasteiger charge is 2.32. The highest BCUT2D eigenvalue weighted by Crippen LogP contribution is 2.32. The molecule has 0 bridgehead atoms. The van der Waals surface area contributed by atoms with Gasteiger partial charge in [0, 0.05) is 38.0 Å². The number of fused-ring (bicyclic) bond motifs is 1. The first-order chi connectivity index (χ1) is 10.9. The summed E-state index contributed by atoms with van der Waals surface area (Å²) in [6.45, 7) is 6.39. The molecular weight excluding hydrogens is 294 g/mol. The maximum absolute atomic E-state index is 12.8. The van der Waals surface area contributed by atoms with Gasteiger partial charge in [0.2, 0.25) is 0 Å². The predicted octanol–water partition coefficient (Wildman–Crippen LogP) is 1.75. The average Bonchev–Trinajstić information content (AvgIpc) is 3.01. The Morgan fingerprint density at radius 1 is 1.52 bits per heavy atom. The number of nitrogens with one attached hydrogen (secondary N) is 1. The van der Waals surface area contributed by atoms with Gasteiger partial charge in [-0.2, -0.15) is 5.10 Å². The summed E-state index contributed by atoms with van der Waals surface area (Å²) in [7, 11) is 3.63. The molecule has 7 heteroatoms. The van der Waals surface area contributed by atoms with E-state index in [1.165, 1.54) is 0 Å². The molecule has 23 heavy (non-hydrogen) atoms. The number of amides is 1. The maximum Gasteiger partial charge on any atom is 0.274 e. The SMILES string of the molecule is Cc1cnc(CN(C)C(=O)c2nn(C)c3c2C[C@@H](C)O[C@H]3C)[nH]1. The van der Waals surface area contributed by atoms with Gasteiger partial charge in [0.15, 0.2) is 5.69 Å². The van der Waals surface area contributed by atoms with Crippen LogP contribution in [-0.2, 0) is 24.8 Å². The molecule has 0 radical (unpaired) electrons. The second kappa shape index (κ2) is 5.81. The molecule has 2 atom stereocenters. The van der Waals surface area contributed by atoms with E-state index >= 15 is 0 Å². The van der Waals surface area contributed by atoms with Crippen LogP contribution < -0.4 is 0 Å². The summed E-state index contributed by atoms with van der Waals surface area (Å²) >= 11 is 0. The fourth-order valence-corrected chi connectivity index (χ4v) is 3.24. The zero-order chi connectivity index (χ0) is 16.7. The molecule has 124 valence electrons. The average molecular weight is 317 g/mol. The molecular formula is C16H23N5O2. The summed E-state index contributed by atoms with van der Waals surface area (Å²) in [6.07, 6.45) is 2.51. The van der Waals surface area contributed by atoms with Gasteiger partial charge in [-0.25, -0.2) is 4.98 Å². The molecule has 0 spiro atoms. The predicted molar refractivity (Wildman–Crippen MR) is 85.0 cm³/mol. The van der Waals surface area contributed by atoms with Gasteiger partial charge in [-0.05, 0) is 20.8 Å². The van der Waals surface area contributed by atoms with Crippen LogP contribution in [0, 0.1) is 6.92 Å². The highest BCUT2D eigenvalue weighted by molar-refractivity contribution is 5.94. The van der Waals surface area contributed by atoms with Gasteiger partial charge in [-0.1, -0.05) is 0 Å². The smallest absolute Gasteiger partial charge is 0.274 e. The molecule has 3 rings (SSSR count). The molecule has 0 fully saturated rings. The molecule has 7 nitrogen and oxygen atoms in total. The normalized spacial score (nSPS) is 20.4. The van der Waals surface area contributed by atoms with E-state index in [4.69, 9.17) is 4.74 Å². The monoisotopic (exact) mass is 317 g/mol. The van der Waals surface area contributed by atoms with E-state index < -0.39 is 0 Å². The largest absolute Gasteiger partial charge is 0.369 e. The molecule has 0 saturated heterocycles. The van der Waals surface area contributed by atoms with Crippen LogP contribution in [0.2, 0.25) is 0 Å². The minimum absolute atomic E-state index is 0.0502. The van der Waals surface area contributed by atoms with Crippen molar-refractivity contribution in [2.45, 2.75) is 45.9 Å². The quantitative estimate of drug-likeness (QED) is 0.935. The third-order valence-electron chi connectivity index (χ3n) is 4.20. The Balaban J connectivity index is 1.86. The first-order valence-electron chi connectivity index (χ1n) is 7.84. The van der Waals surface area contributed by atoms with Crippen LogP contribution in [0.5, 0.6) is 0 Å². The molecule has 1 amide bonds. The van der Waals surface area contributed by atoms with Gasteiger partial charge in [-0.15, -0.1) is 0 Å². The zero-order valence-corrected chi connectivity index (χ0v) is 14.3. The van der Waals surface area contributed by atoms with Gasteiger partial charge < -0.3 is 14.6 Å². The summed E-state index contributed by atoms with van der Waals surface area (Å²) in [5.74, 6) is 0.686. The van der Waals surface area contributed by atoms with Crippen molar-refractivity contribution < 1.29 is 9.53 Å². The van der Waals surface area contributed by atoms with Crippen molar-refractivity contribution in [1.29, 1.82) is 0 Å². The van der Waals surface area contributed by atoms with Gasteiger partial charge >= 0.3 is 0 Å². The standard InChI is InChI=1S/C16H23N5O2/c1-9-7-17-13(18-9)8-20(4)16(22)14-12-6-10(2)23-11(3)15(12)21(5)19-14/h7,10-11H,6,8H2,1-5H3,(H,17,18)/t10-,11+/m1/s1. The van der Waals surface area contributed by atoms with Gasteiger partial charge in [0.25, 0.3) is 5.91 Å². The van der Waals surface area contributed by atoms with Crippen LogP contribution in [0.25, 0.3) is 0 Å². The minimum atomic E-state index is -0.0859. The van der Waals surface area contributed by atoms with Crippen molar-refractivity contribution in [3.05, 3.63) is 34.7 Å². The lowest BCUT2D eigenvalue weighted by Gasteiger charge is -2.26. The number of hydrogen-bond acceptors (Lipinski definition) is 4. The lowest BCUT2D eigenvalue weighted by Crippen LogP contribution is -2.29. The maximum atomic E-state index is 12.8. The summed E-state index contributed by atoms with van der Waals surface area (Å²) in [5.41, 5.74) is 3.51. The second-order valence-electron chi connectivity index (χ2n) is 6.30. The second-order valence-corrected chi connectivity index (χ2v) is 6.30. The number of nitrogens with zero attached hydrogens (tertiary/aromatic N) is 4. The summed E-state index contributed by atoms with van der Waals surface area (Å²) in [4.78, 5) is 21.9. The number of ether oxygens (including phenoxy) is 1. The number of rotatable bonds is 3. The van der Waals surface area contributed by atoms with Gasteiger partial charge in [0.05, 0.1) is 24.4 Å². The molecule has 0 saturated carbocycles. The van der Waals surface area contributed by atoms with Crippen LogP contribution in [0.15, 0.2) is 6.20 Å². The van der Waals surface area contributed by atoms with Crippen LogP contribution in [0.3, 0.4) is 0 Å². The van der Waals surface area contributed by atoms with Crippen molar-refractivity contribution in [3.63, 3.8) is 0 Å². The number of H-pyrrole nitrogens is 1. The Labute approximate surface area is 135 Å². The number of hydrogen-bond donors (Lipinski definition) is 1. The van der Waals surface area contributed by atoms with E-state index in [2.05, 4.69) is 15.1 Å². The third-order valence-corrected chi connectivity index (χ3v) is 4.20. The number of aryl methyl sites for hydroxylation is 2. The Morgan fingerprint density at radius 2 is 2.26 bits per heavy atom. The molecule has 0 aromatic carbocycles. The van der Waals surface area contributed by atoms with Gasteiger partial charge in [-0.3, -0.25) is 9.48 Å². The summed E-state index contributed by atoms with van der Waals surface area (Å²) < 4.78 is 7.61. The molecule has 3 heterocycles. The molecule has 0 unspecified atom stereocenters. The number of aromatic amines is 1. The molecule has 1 aliphatic heterocycles. The minimum Gasteiger partial charge on any atom is -0.369 e. The fourth-order valence-electron chi connectivity index (χ4n) is 3.24. The first-order valence-corrected chi connectivity index (χ1v) is 7.84. The number of imidazole rings is 1. The van der Waals surface area contributed by atoms with Crippen molar-refractivity contribution >= 4 is 5.91 Å². The van der Waals surface area contributed by atoms with Crippen molar-refractivity contribution in [1.82, 2.24) is 24.6 Å². The molecule has 2 aromatic rings. The van der Waals surface area contributed by atoms with Crippen LogP contribution in [-0.4, -0.2) is 43.7 Å². The van der Waals surface area contributed by atoms with E-state index in [0.29, 0.717) is 18.7 Å². The first kappa shape index (κ1) is 15.7.